The molecule has 1 fully saturated rings. The van der Waals surface area contributed by atoms with Gasteiger partial charge < -0.3 is 14.6 Å². The maximum absolute atomic E-state index is 5.63. The van der Waals surface area contributed by atoms with E-state index in [9.17, 15) is 0 Å². The minimum Gasteiger partial charge on any atom is -0.485 e. The van der Waals surface area contributed by atoms with E-state index in [1.807, 2.05) is 31.3 Å². The normalized spacial score (nSPS) is 14.6. The van der Waals surface area contributed by atoms with E-state index < -0.39 is 0 Å². The number of hydrogen-bond acceptors (Lipinski definition) is 5. The van der Waals surface area contributed by atoms with Gasteiger partial charge in [-0.25, -0.2) is 0 Å². The summed E-state index contributed by atoms with van der Waals surface area (Å²) in [5.41, 5.74) is 1.23. The Bertz CT molecular complexity index is 532. The van der Waals surface area contributed by atoms with E-state index in [2.05, 4.69) is 15.5 Å². The summed E-state index contributed by atoms with van der Waals surface area (Å²) in [6, 6.07) is 7.98. The fourth-order valence-corrected chi connectivity index (χ4v) is 1.88. The third kappa shape index (κ3) is 3.12. The topological polar surface area (TPSA) is 60.2 Å². The molecule has 1 heterocycles. The number of rotatable bonds is 6. The summed E-state index contributed by atoms with van der Waals surface area (Å²) in [5, 5.41) is 7.03. The molecule has 5 nitrogen and oxygen atoms in total. The van der Waals surface area contributed by atoms with Gasteiger partial charge in [-0.3, -0.25) is 0 Å². The first-order chi connectivity index (χ1) is 9.35. The Labute approximate surface area is 112 Å². The third-order valence-corrected chi connectivity index (χ3v) is 3.08. The molecule has 5 heteroatoms. The smallest absolute Gasteiger partial charge is 0.229 e. The molecule has 0 amide bonds. The van der Waals surface area contributed by atoms with Gasteiger partial charge in [0.05, 0.1) is 0 Å². The average Bonchev–Trinajstić information content (AvgIpc) is 3.18. The highest BCUT2D eigenvalue weighted by Gasteiger charge is 2.29. The molecule has 0 spiro atoms. The molecule has 0 bridgehead atoms. The minimum atomic E-state index is 0.349. The molecule has 0 atom stereocenters. The van der Waals surface area contributed by atoms with Crippen LogP contribution in [0.3, 0.4) is 0 Å². The number of aromatic nitrogens is 2. The van der Waals surface area contributed by atoms with Crippen LogP contribution in [0.5, 0.6) is 5.75 Å². The maximum atomic E-state index is 5.63. The van der Waals surface area contributed by atoms with Crippen molar-refractivity contribution in [2.24, 2.45) is 0 Å². The lowest BCUT2D eigenvalue weighted by atomic mass is 10.2. The Kier molecular flexibility index (Phi) is 3.46. The first kappa shape index (κ1) is 12.2. The zero-order valence-corrected chi connectivity index (χ0v) is 10.9. The van der Waals surface area contributed by atoms with Crippen LogP contribution in [-0.2, 0) is 13.2 Å². The number of ether oxygens (including phenoxy) is 1. The summed E-state index contributed by atoms with van der Waals surface area (Å²) >= 11 is 0. The van der Waals surface area contributed by atoms with Gasteiger partial charge in [0.15, 0.2) is 6.61 Å². The molecule has 100 valence electrons. The minimum absolute atomic E-state index is 0.349. The number of benzene rings is 1. The van der Waals surface area contributed by atoms with Gasteiger partial charge in [-0.1, -0.05) is 17.3 Å². The predicted octanol–water partition coefficient (Wildman–Crippen LogP) is 2.25. The second-order valence-corrected chi connectivity index (χ2v) is 4.79. The fourth-order valence-electron chi connectivity index (χ4n) is 1.88. The van der Waals surface area contributed by atoms with Gasteiger partial charge in [0.2, 0.25) is 11.7 Å². The summed E-state index contributed by atoms with van der Waals surface area (Å²) in [6.07, 6.45) is 2.32. The van der Waals surface area contributed by atoms with Crippen LogP contribution in [0, 0.1) is 0 Å². The average molecular weight is 259 g/mol. The standard InChI is InChI=1S/C14H17N3O2/c1-15-8-10-2-6-12(7-3-10)18-9-13-16-14(19-17-13)11-4-5-11/h2-3,6-7,11,15H,4-5,8-9H2,1H3. The van der Waals surface area contributed by atoms with E-state index >= 15 is 0 Å². The molecule has 0 radical (unpaired) electrons. The SMILES string of the molecule is CNCc1ccc(OCc2noc(C3CC3)n2)cc1. The predicted molar refractivity (Wildman–Crippen MR) is 69.8 cm³/mol. The third-order valence-electron chi connectivity index (χ3n) is 3.08. The summed E-state index contributed by atoms with van der Waals surface area (Å²) in [5.74, 6) is 2.67. The van der Waals surface area contributed by atoms with E-state index in [0.717, 1.165) is 31.0 Å². The molecular formula is C14H17N3O2. The highest BCUT2D eigenvalue weighted by Crippen LogP contribution is 2.38. The molecular weight excluding hydrogens is 242 g/mol. The summed E-state index contributed by atoms with van der Waals surface area (Å²) < 4.78 is 10.8. The Morgan fingerprint density at radius 2 is 2.11 bits per heavy atom. The zero-order valence-electron chi connectivity index (χ0n) is 10.9. The molecule has 1 aliphatic carbocycles. The monoisotopic (exact) mass is 259 g/mol. The molecule has 1 aliphatic rings. The molecule has 0 unspecified atom stereocenters. The molecule has 1 N–H and O–H groups in total. The van der Waals surface area contributed by atoms with Crippen LogP contribution in [-0.4, -0.2) is 17.2 Å². The Morgan fingerprint density at radius 1 is 1.32 bits per heavy atom. The molecule has 2 aromatic rings. The molecule has 0 saturated heterocycles. The van der Waals surface area contributed by atoms with Crippen LogP contribution < -0.4 is 10.1 Å². The number of nitrogens with one attached hydrogen (secondary N) is 1. The summed E-state index contributed by atoms with van der Waals surface area (Å²) in [6.45, 7) is 1.21. The Hall–Kier alpha value is -1.88. The molecule has 0 aliphatic heterocycles. The van der Waals surface area contributed by atoms with E-state index in [-0.39, 0.29) is 0 Å². The van der Waals surface area contributed by atoms with Crippen molar-refractivity contribution in [3.05, 3.63) is 41.5 Å². The van der Waals surface area contributed by atoms with Gasteiger partial charge in [0.1, 0.15) is 5.75 Å². The van der Waals surface area contributed by atoms with Gasteiger partial charge >= 0.3 is 0 Å². The fraction of sp³-hybridized carbons (Fsp3) is 0.429. The van der Waals surface area contributed by atoms with Crippen LogP contribution in [0.2, 0.25) is 0 Å². The molecule has 1 saturated carbocycles. The van der Waals surface area contributed by atoms with Crippen LogP contribution in [0.4, 0.5) is 0 Å². The highest BCUT2D eigenvalue weighted by atomic mass is 16.5. The highest BCUT2D eigenvalue weighted by molar-refractivity contribution is 5.27. The van der Waals surface area contributed by atoms with Crippen molar-refractivity contribution in [2.75, 3.05) is 7.05 Å². The molecule has 1 aromatic carbocycles. The Morgan fingerprint density at radius 3 is 2.79 bits per heavy atom. The summed E-state index contributed by atoms with van der Waals surface area (Å²) in [4.78, 5) is 4.32. The van der Waals surface area contributed by atoms with Crippen molar-refractivity contribution in [2.45, 2.75) is 31.9 Å². The van der Waals surface area contributed by atoms with Gasteiger partial charge in [-0.15, -0.1) is 0 Å². The van der Waals surface area contributed by atoms with Crippen molar-refractivity contribution in [3.63, 3.8) is 0 Å². The van der Waals surface area contributed by atoms with Crippen molar-refractivity contribution in [3.8, 4) is 5.75 Å². The molecule has 19 heavy (non-hydrogen) atoms. The van der Waals surface area contributed by atoms with E-state index in [1.165, 1.54) is 5.56 Å². The van der Waals surface area contributed by atoms with Crippen molar-refractivity contribution >= 4 is 0 Å². The lowest BCUT2D eigenvalue weighted by Gasteiger charge is -2.04. The first-order valence-electron chi connectivity index (χ1n) is 6.54. The Balaban J connectivity index is 1.55. The van der Waals surface area contributed by atoms with Crippen LogP contribution >= 0.6 is 0 Å². The second kappa shape index (κ2) is 5.40. The molecule has 1 aromatic heterocycles. The molecule has 3 rings (SSSR count). The van der Waals surface area contributed by atoms with E-state index in [0.29, 0.717) is 18.3 Å². The van der Waals surface area contributed by atoms with Crippen molar-refractivity contribution in [1.29, 1.82) is 0 Å². The number of hydrogen-bond donors (Lipinski definition) is 1. The lowest BCUT2D eigenvalue weighted by molar-refractivity contribution is 0.285. The number of nitrogens with zero attached hydrogens (tertiary/aromatic N) is 2. The largest absolute Gasteiger partial charge is 0.485 e. The van der Waals surface area contributed by atoms with E-state index in [4.69, 9.17) is 9.26 Å². The maximum Gasteiger partial charge on any atom is 0.229 e. The van der Waals surface area contributed by atoms with Gasteiger partial charge in [0.25, 0.3) is 0 Å². The van der Waals surface area contributed by atoms with Crippen molar-refractivity contribution < 1.29 is 9.26 Å². The second-order valence-electron chi connectivity index (χ2n) is 4.79. The van der Waals surface area contributed by atoms with Crippen LogP contribution in [0.15, 0.2) is 28.8 Å². The van der Waals surface area contributed by atoms with Crippen LogP contribution in [0.25, 0.3) is 0 Å². The lowest BCUT2D eigenvalue weighted by Crippen LogP contribution is -2.04. The van der Waals surface area contributed by atoms with Gasteiger partial charge in [-0.05, 0) is 37.6 Å². The van der Waals surface area contributed by atoms with E-state index in [1.54, 1.807) is 0 Å². The van der Waals surface area contributed by atoms with Crippen LogP contribution in [0.1, 0.15) is 36.0 Å². The zero-order chi connectivity index (χ0) is 13.1. The summed E-state index contributed by atoms with van der Waals surface area (Å²) in [7, 11) is 1.93. The van der Waals surface area contributed by atoms with Crippen molar-refractivity contribution in [1.82, 2.24) is 15.5 Å². The first-order valence-corrected chi connectivity index (χ1v) is 6.54. The van der Waals surface area contributed by atoms with Gasteiger partial charge in [-0.2, -0.15) is 4.98 Å². The van der Waals surface area contributed by atoms with Gasteiger partial charge in [0, 0.05) is 12.5 Å². The quantitative estimate of drug-likeness (QED) is 0.862.